The van der Waals surface area contributed by atoms with Gasteiger partial charge in [0.25, 0.3) is 0 Å². The number of nitrogens with zero attached hydrogens (tertiary/aromatic N) is 4. The number of fused-ring (bicyclic) bond motifs is 1. The number of hydrogen-bond acceptors (Lipinski definition) is 13. The van der Waals surface area contributed by atoms with E-state index < -0.39 is 50.4 Å². The summed E-state index contributed by atoms with van der Waals surface area (Å²) >= 11 is 1.53. The molecule has 5 N–H and O–H groups in total. The van der Waals surface area contributed by atoms with E-state index in [1.54, 1.807) is 30.3 Å². The van der Waals surface area contributed by atoms with Crippen LogP contribution >= 0.6 is 19.5 Å². The SMILES string of the molecule is CSCCC(NP(=O)(Oc1ccccc1)OC(C)C1OC(n2cnc3c(N)ncnc32)C(O)C1O)C(=O)OC1CCCCC1. The number of nitrogens with two attached hydrogens (primary N) is 1. The first kappa shape index (κ1) is 32.6. The first-order valence-electron chi connectivity index (χ1n) is 14.6. The van der Waals surface area contributed by atoms with Crippen LogP contribution in [0.2, 0.25) is 0 Å². The van der Waals surface area contributed by atoms with Crippen molar-refractivity contribution in [3.8, 4) is 5.75 Å². The third kappa shape index (κ3) is 7.53. The number of nitrogen functional groups attached to an aromatic ring is 1. The van der Waals surface area contributed by atoms with E-state index in [-0.39, 0.29) is 17.7 Å². The van der Waals surface area contributed by atoms with Gasteiger partial charge in [0.1, 0.15) is 48.1 Å². The molecule has 14 nitrogen and oxygen atoms in total. The van der Waals surface area contributed by atoms with Gasteiger partial charge in [-0.15, -0.1) is 0 Å². The molecule has 1 aliphatic carbocycles. The Kier molecular flexibility index (Phi) is 10.8. The molecule has 2 fully saturated rings. The van der Waals surface area contributed by atoms with Gasteiger partial charge in [-0.3, -0.25) is 13.9 Å². The molecule has 1 saturated carbocycles. The Morgan fingerprint density at radius 3 is 2.66 bits per heavy atom. The molecule has 2 aliphatic rings. The number of benzene rings is 1. The van der Waals surface area contributed by atoms with E-state index in [4.69, 9.17) is 24.3 Å². The topological polar surface area (TPSA) is 193 Å². The minimum atomic E-state index is -4.31. The summed E-state index contributed by atoms with van der Waals surface area (Å²) in [6.07, 6.45) is 3.13. The number of aromatic nitrogens is 4. The highest BCUT2D eigenvalue weighted by atomic mass is 32.2. The zero-order valence-corrected chi connectivity index (χ0v) is 26.3. The number of thioether (sulfide) groups is 1. The van der Waals surface area contributed by atoms with Gasteiger partial charge in [-0.05, 0) is 63.2 Å². The summed E-state index contributed by atoms with van der Waals surface area (Å²) in [5.74, 6) is 0.453. The van der Waals surface area contributed by atoms with Gasteiger partial charge in [0, 0.05) is 0 Å². The van der Waals surface area contributed by atoms with Crippen LogP contribution in [0, 0.1) is 0 Å². The van der Waals surface area contributed by atoms with Crippen LogP contribution in [0.1, 0.15) is 51.7 Å². The number of aliphatic hydroxyl groups is 2. The lowest BCUT2D eigenvalue weighted by Gasteiger charge is -2.30. The largest absolute Gasteiger partial charge is 0.461 e. The van der Waals surface area contributed by atoms with E-state index in [2.05, 4.69) is 20.0 Å². The molecule has 16 heteroatoms. The number of carbonyl (C=O) groups excluding carboxylic acids is 1. The maximum Gasteiger partial charge on any atom is 0.459 e. The van der Waals surface area contributed by atoms with Crippen LogP contribution in [-0.4, -0.2) is 84.3 Å². The van der Waals surface area contributed by atoms with Gasteiger partial charge in [0.05, 0.1) is 12.4 Å². The average Bonchev–Trinajstić information content (AvgIpc) is 3.57. The van der Waals surface area contributed by atoms with Crippen molar-refractivity contribution in [2.24, 2.45) is 0 Å². The van der Waals surface area contributed by atoms with Crippen molar-refractivity contribution in [1.82, 2.24) is 24.6 Å². The van der Waals surface area contributed by atoms with E-state index >= 15 is 0 Å². The number of rotatable bonds is 13. The van der Waals surface area contributed by atoms with Crippen molar-refractivity contribution in [1.29, 1.82) is 0 Å². The second-order valence-corrected chi connectivity index (χ2v) is 13.6. The van der Waals surface area contributed by atoms with Gasteiger partial charge in [-0.1, -0.05) is 24.6 Å². The van der Waals surface area contributed by atoms with Crippen molar-refractivity contribution in [2.45, 2.75) is 88.2 Å². The van der Waals surface area contributed by atoms with Crippen molar-refractivity contribution in [2.75, 3.05) is 17.7 Å². The second kappa shape index (κ2) is 14.5. The van der Waals surface area contributed by atoms with Gasteiger partial charge in [-0.2, -0.15) is 16.8 Å². The highest BCUT2D eigenvalue weighted by Crippen LogP contribution is 2.48. The molecule has 0 bridgehead atoms. The second-order valence-electron chi connectivity index (χ2n) is 10.9. The van der Waals surface area contributed by atoms with E-state index in [0.29, 0.717) is 23.3 Å². The van der Waals surface area contributed by atoms with Crippen LogP contribution in [0.25, 0.3) is 11.2 Å². The van der Waals surface area contributed by atoms with Gasteiger partial charge in [0.15, 0.2) is 17.7 Å². The van der Waals surface area contributed by atoms with Crippen molar-refractivity contribution in [3.63, 3.8) is 0 Å². The summed E-state index contributed by atoms with van der Waals surface area (Å²) in [5, 5.41) is 24.8. The number of nitrogens with one attached hydrogen (secondary N) is 1. The molecule has 0 spiro atoms. The molecule has 240 valence electrons. The number of esters is 1. The van der Waals surface area contributed by atoms with Crippen molar-refractivity contribution >= 4 is 42.5 Å². The minimum absolute atomic E-state index is 0.151. The summed E-state index contributed by atoms with van der Waals surface area (Å²) in [5.41, 5.74) is 6.51. The van der Waals surface area contributed by atoms with Crippen LogP contribution < -0.4 is 15.3 Å². The first-order chi connectivity index (χ1) is 21.2. The number of carbonyl (C=O) groups is 1. The summed E-state index contributed by atoms with van der Waals surface area (Å²) in [4.78, 5) is 25.6. The molecule has 7 unspecified atom stereocenters. The van der Waals surface area contributed by atoms with Crippen LogP contribution in [0.4, 0.5) is 5.82 Å². The fourth-order valence-electron chi connectivity index (χ4n) is 5.43. The maximum absolute atomic E-state index is 14.4. The summed E-state index contributed by atoms with van der Waals surface area (Å²) in [6.45, 7) is 1.54. The molecule has 1 aliphatic heterocycles. The number of ether oxygens (including phenoxy) is 2. The van der Waals surface area contributed by atoms with Crippen LogP contribution in [0.15, 0.2) is 43.0 Å². The highest BCUT2D eigenvalue weighted by molar-refractivity contribution is 7.98. The molecule has 7 atom stereocenters. The van der Waals surface area contributed by atoms with E-state index in [1.807, 2.05) is 6.26 Å². The fourth-order valence-corrected chi connectivity index (χ4v) is 7.63. The quantitative estimate of drug-likeness (QED) is 0.156. The molecular formula is C28H39N6O8PS. The minimum Gasteiger partial charge on any atom is -0.461 e. The van der Waals surface area contributed by atoms with E-state index in [0.717, 1.165) is 32.1 Å². The Hall–Kier alpha value is -2.78. The molecule has 44 heavy (non-hydrogen) atoms. The average molecular weight is 651 g/mol. The Labute approximate surface area is 259 Å². The Morgan fingerprint density at radius 2 is 1.93 bits per heavy atom. The lowest BCUT2D eigenvalue weighted by molar-refractivity contribution is -0.152. The lowest BCUT2D eigenvalue weighted by Crippen LogP contribution is -2.43. The molecular weight excluding hydrogens is 611 g/mol. The highest BCUT2D eigenvalue weighted by Gasteiger charge is 2.49. The molecule has 2 aromatic heterocycles. The molecule has 1 aromatic carbocycles. The van der Waals surface area contributed by atoms with Crippen LogP contribution in [0.3, 0.4) is 0 Å². The molecule has 0 radical (unpaired) electrons. The van der Waals surface area contributed by atoms with Crippen molar-refractivity contribution in [3.05, 3.63) is 43.0 Å². The van der Waals surface area contributed by atoms with Gasteiger partial charge >= 0.3 is 13.7 Å². The molecule has 3 aromatic rings. The molecule has 0 amide bonds. The molecule has 1 saturated heterocycles. The summed E-state index contributed by atoms with van der Waals surface area (Å²) in [7, 11) is -4.31. The van der Waals surface area contributed by atoms with Gasteiger partial charge in [0.2, 0.25) is 0 Å². The number of anilines is 1. The van der Waals surface area contributed by atoms with Crippen LogP contribution in [-0.2, 0) is 23.4 Å². The first-order valence-corrected chi connectivity index (χ1v) is 17.6. The predicted molar refractivity (Wildman–Crippen MR) is 164 cm³/mol. The zero-order chi connectivity index (χ0) is 31.3. The van der Waals surface area contributed by atoms with E-state index in [9.17, 15) is 19.6 Å². The zero-order valence-electron chi connectivity index (χ0n) is 24.6. The predicted octanol–water partition coefficient (Wildman–Crippen LogP) is 3.21. The fraction of sp³-hybridized carbons (Fsp3) is 0.571. The standard InChI is InChI=1S/C28H39N6O8PS/c1-17(24-22(35)23(36)27(40-24)34-16-32-21-25(29)30-15-31-26(21)34)41-43(38,42-19-11-7-4-8-12-19)33-20(13-14-44-2)28(37)39-18-9-5-3-6-10-18/h4,7-8,11-12,15-18,20,22-24,27,35-36H,3,5-6,9-10,13-14H2,1-2H3,(H,33,38)(H2,29,30,31). The Balaban J connectivity index is 1.36. The Morgan fingerprint density at radius 1 is 1.18 bits per heavy atom. The molecule has 5 rings (SSSR count). The smallest absolute Gasteiger partial charge is 0.459 e. The van der Waals surface area contributed by atoms with Gasteiger partial charge in [-0.25, -0.2) is 19.5 Å². The third-order valence-electron chi connectivity index (χ3n) is 7.72. The maximum atomic E-state index is 14.4. The number of aliphatic hydroxyl groups excluding tert-OH is 2. The monoisotopic (exact) mass is 650 g/mol. The number of imidazole rings is 1. The Bertz CT molecular complexity index is 1440. The lowest BCUT2D eigenvalue weighted by atomic mass is 9.98. The molecule has 3 heterocycles. The number of hydrogen-bond donors (Lipinski definition) is 4. The van der Waals surface area contributed by atoms with Crippen molar-refractivity contribution < 1.29 is 38.1 Å². The number of para-hydroxylation sites is 1. The van der Waals surface area contributed by atoms with E-state index in [1.165, 1.54) is 35.9 Å². The summed E-state index contributed by atoms with van der Waals surface area (Å²) in [6, 6.07) is 7.43. The third-order valence-corrected chi connectivity index (χ3v) is 10.1. The summed E-state index contributed by atoms with van der Waals surface area (Å²) < 4.78 is 39.6. The normalized spacial score (nSPS) is 25.4. The van der Waals surface area contributed by atoms with Gasteiger partial charge < -0.3 is 29.9 Å². The van der Waals surface area contributed by atoms with Crippen LogP contribution in [0.5, 0.6) is 5.75 Å².